The highest BCUT2D eigenvalue weighted by molar-refractivity contribution is 8.00. The Morgan fingerprint density at radius 1 is 1.35 bits per heavy atom. The first-order valence-electron chi connectivity index (χ1n) is 7.52. The van der Waals surface area contributed by atoms with E-state index in [0.717, 1.165) is 28.3 Å². The Balaban J connectivity index is 1.75. The first-order chi connectivity index (χ1) is 11.1. The highest BCUT2D eigenvalue weighted by Crippen LogP contribution is 2.37. The van der Waals surface area contributed by atoms with Gasteiger partial charge in [0.15, 0.2) is 6.20 Å². The van der Waals surface area contributed by atoms with Gasteiger partial charge in [-0.25, -0.2) is 0 Å². The largest absolute Gasteiger partial charge is 0.618 e. The van der Waals surface area contributed by atoms with E-state index in [0.29, 0.717) is 10.3 Å². The maximum absolute atomic E-state index is 12.7. The van der Waals surface area contributed by atoms with Crippen molar-refractivity contribution in [1.29, 1.82) is 0 Å². The van der Waals surface area contributed by atoms with Gasteiger partial charge in [-0.15, -0.1) is 11.8 Å². The van der Waals surface area contributed by atoms with E-state index in [4.69, 9.17) is 0 Å². The number of thioether (sulfide) groups is 2. The van der Waals surface area contributed by atoms with Gasteiger partial charge >= 0.3 is 0 Å². The van der Waals surface area contributed by atoms with Crippen molar-refractivity contribution in [3.63, 3.8) is 0 Å². The minimum atomic E-state index is 0.0426. The maximum atomic E-state index is 12.7. The number of hydrogen-bond donors (Lipinski definition) is 0. The van der Waals surface area contributed by atoms with Crippen molar-refractivity contribution in [2.24, 2.45) is 0 Å². The normalized spacial score (nSPS) is 17.4. The van der Waals surface area contributed by atoms with E-state index in [9.17, 15) is 10.0 Å². The molecule has 6 heteroatoms. The van der Waals surface area contributed by atoms with Crippen molar-refractivity contribution in [2.75, 3.05) is 17.2 Å². The molecular formula is C17H18N2O2S2. The lowest BCUT2D eigenvalue weighted by atomic mass is 10.2. The third-order valence-electron chi connectivity index (χ3n) is 3.68. The predicted molar refractivity (Wildman–Crippen MR) is 94.9 cm³/mol. The molecule has 2 heterocycles. The number of aromatic nitrogens is 1. The third kappa shape index (κ3) is 3.82. The lowest BCUT2D eigenvalue weighted by molar-refractivity contribution is -0.645. The average molecular weight is 346 g/mol. The molecule has 1 aliphatic heterocycles. The van der Waals surface area contributed by atoms with Crippen LogP contribution in [0.15, 0.2) is 58.6 Å². The van der Waals surface area contributed by atoms with E-state index < -0.39 is 0 Å². The van der Waals surface area contributed by atoms with Gasteiger partial charge in [-0.3, -0.25) is 4.79 Å². The van der Waals surface area contributed by atoms with E-state index in [1.54, 1.807) is 18.2 Å². The smallest absolute Gasteiger partial charge is 0.251 e. The Kier molecular flexibility index (Phi) is 5.13. The molecule has 120 valence electrons. The molecular weight excluding hydrogens is 328 g/mol. The van der Waals surface area contributed by atoms with Crippen LogP contribution in [-0.4, -0.2) is 23.5 Å². The van der Waals surface area contributed by atoms with Crippen LogP contribution in [0.4, 0.5) is 5.69 Å². The number of pyridine rings is 1. The molecule has 1 aromatic carbocycles. The van der Waals surface area contributed by atoms with E-state index in [1.165, 1.54) is 18.0 Å². The summed E-state index contributed by atoms with van der Waals surface area (Å²) in [4.78, 5) is 15.7. The van der Waals surface area contributed by atoms with Crippen molar-refractivity contribution in [2.45, 2.75) is 28.5 Å². The molecule has 0 N–H and O–H groups in total. The van der Waals surface area contributed by atoms with Gasteiger partial charge in [0, 0.05) is 28.8 Å². The number of fused-ring (bicyclic) bond motifs is 1. The van der Waals surface area contributed by atoms with Gasteiger partial charge in [-0.05, 0) is 36.4 Å². The maximum Gasteiger partial charge on any atom is 0.251 e. The highest BCUT2D eigenvalue weighted by atomic mass is 32.2. The third-order valence-corrected chi connectivity index (χ3v) is 5.92. The molecule has 23 heavy (non-hydrogen) atoms. The summed E-state index contributed by atoms with van der Waals surface area (Å²) < 4.78 is 0.798. The second kappa shape index (κ2) is 7.27. The zero-order valence-corrected chi connectivity index (χ0v) is 14.5. The predicted octanol–water partition coefficient (Wildman–Crippen LogP) is 3.33. The van der Waals surface area contributed by atoms with Crippen molar-refractivity contribution in [3.05, 3.63) is 53.9 Å². The SMILES string of the molecule is C[C@H]1CCN(C(=O)CSc2cccc[n+]2[O-])c2ccccc2S1. The lowest BCUT2D eigenvalue weighted by Gasteiger charge is -2.22. The summed E-state index contributed by atoms with van der Waals surface area (Å²) in [7, 11) is 0. The van der Waals surface area contributed by atoms with Crippen LogP contribution < -0.4 is 9.63 Å². The molecule has 1 atom stereocenters. The van der Waals surface area contributed by atoms with Gasteiger partial charge in [-0.2, -0.15) is 4.73 Å². The average Bonchev–Trinajstić information content (AvgIpc) is 2.72. The summed E-state index contributed by atoms with van der Waals surface area (Å²) in [5.41, 5.74) is 0.982. The Morgan fingerprint density at radius 3 is 2.96 bits per heavy atom. The number of carbonyl (C=O) groups is 1. The lowest BCUT2D eigenvalue weighted by Crippen LogP contribution is -2.34. The van der Waals surface area contributed by atoms with E-state index in [2.05, 4.69) is 13.0 Å². The minimum absolute atomic E-state index is 0.0426. The van der Waals surface area contributed by atoms with Crippen molar-refractivity contribution < 1.29 is 9.52 Å². The Labute approximate surface area is 144 Å². The molecule has 0 radical (unpaired) electrons. The standard InChI is InChI=1S/C17H18N2O2S2/c1-13-9-11-18(14-6-2-3-7-15(14)23-13)16(20)12-22-17-8-4-5-10-19(17)21/h2-8,10,13H,9,11-12H2,1H3/t13-/m0/s1. The molecule has 0 spiro atoms. The van der Waals surface area contributed by atoms with E-state index in [1.807, 2.05) is 34.9 Å². The summed E-state index contributed by atoms with van der Waals surface area (Å²) >= 11 is 3.10. The second-order valence-electron chi connectivity index (χ2n) is 5.38. The van der Waals surface area contributed by atoms with Crippen molar-refractivity contribution >= 4 is 35.1 Å². The molecule has 0 bridgehead atoms. The summed E-state index contributed by atoms with van der Waals surface area (Å²) in [5.74, 6) is 0.306. The zero-order valence-electron chi connectivity index (χ0n) is 12.8. The number of nitrogens with zero attached hydrogens (tertiary/aromatic N) is 2. The first kappa shape index (κ1) is 16.2. The summed E-state index contributed by atoms with van der Waals surface area (Å²) in [6, 6.07) is 13.3. The fourth-order valence-corrected chi connectivity index (χ4v) is 4.39. The van der Waals surface area contributed by atoms with Crippen LogP contribution in [0.2, 0.25) is 0 Å². The number of anilines is 1. The van der Waals surface area contributed by atoms with Crippen LogP contribution >= 0.6 is 23.5 Å². The molecule has 0 saturated carbocycles. The molecule has 0 saturated heterocycles. The van der Waals surface area contributed by atoms with Gasteiger partial charge in [0.25, 0.3) is 5.03 Å². The molecule has 3 rings (SSSR count). The molecule has 1 amide bonds. The molecule has 0 aliphatic carbocycles. The summed E-state index contributed by atoms with van der Waals surface area (Å²) in [6.45, 7) is 2.91. The monoisotopic (exact) mass is 346 g/mol. The zero-order chi connectivity index (χ0) is 16.2. The number of hydrogen-bond acceptors (Lipinski definition) is 4. The minimum Gasteiger partial charge on any atom is -0.618 e. The van der Waals surface area contributed by atoms with Gasteiger partial charge in [0.1, 0.15) is 0 Å². The number of para-hydroxylation sites is 1. The molecule has 0 unspecified atom stereocenters. The highest BCUT2D eigenvalue weighted by Gasteiger charge is 2.24. The Hall–Kier alpha value is -1.66. The fraction of sp³-hybridized carbons (Fsp3) is 0.294. The number of rotatable bonds is 3. The quantitative estimate of drug-likeness (QED) is 0.486. The molecule has 4 nitrogen and oxygen atoms in total. The van der Waals surface area contributed by atoms with E-state index >= 15 is 0 Å². The molecule has 0 fully saturated rings. The van der Waals surface area contributed by atoms with Gasteiger partial charge in [-0.1, -0.05) is 19.1 Å². The van der Waals surface area contributed by atoms with Crippen molar-refractivity contribution in [1.82, 2.24) is 0 Å². The number of amides is 1. The van der Waals surface area contributed by atoms with E-state index in [-0.39, 0.29) is 11.7 Å². The van der Waals surface area contributed by atoms with Crippen LogP contribution in [-0.2, 0) is 4.79 Å². The van der Waals surface area contributed by atoms with Gasteiger partial charge < -0.3 is 10.1 Å². The summed E-state index contributed by atoms with van der Waals surface area (Å²) in [5, 5.41) is 12.7. The van der Waals surface area contributed by atoms with Crippen LogP contribution in [0.5, 0.6) is 0 Å². The first-order valence-corrected chi connectivity index (χ1v) is 9.38. The number of benzene rings is 1. The van der Waals surface area contributed by atoms with Crippen LogP contribution in [0.1, 0.15) is 13.3 Å². The van der Waals surface area contributed by atoms with Crippen LogP contribution in [0, 0.1) is 5.21 Å². The van der Waals surface area contributed by atoms with Crippen LogP contribution in [0.25, 0.3) is 0 Å². The fourth-order valence-electron chi connectivity index (χ4n) is 2.48. The van der Waals surface area contributed by atoms with Gasteiger partial charge in [0.05, 0.1) is 11.4 Å². The Morgan fingerprint density at radius 2 is 2.13 bits per heavy atom. The van der Waals surface area contributed by atoms with Crippen molar-refractivity contribution in [3.8, 4) is 0 Å². The van der Waals surface area contributed by atoms with Gasteiger partial charge in [0.2, 0.25) is 5.91 Å². The molecule has 1 aliphatic rings. The van der Waals surface area contributed by atoms with Crippen LogP contribution in [0.3, 0.4) is 0 Å². The second-order valence-corrected chi connectivity index (χ2v) is 7.86. The molecule has 2 aromatic rings. The topological polar surface area (TPSA) is 47.2 Å². The molecule has 1 aromatic heterocycles. The Bertz CT molecular complexity index is 708. The summed E-state index contributed by atoms with van der Waals surface area (Å²) in [6.07, 6.45) is 2.41. The number of carbonyl (C=O) groups excluding carboxylic acids is 1.